The molecule has 1 aliphatic heterocycles. The highest BCUT2D eigenvalue weighted by Crippen LogP contribution is 2.25. The van der Waals surface area contributed by atoms with Crippen LogP contribution in [0.2, 0.25) is 0 Å². The first-order chi connectivity index (χ1) is 14.0. The van der Waals surface area contributed by atoms with Gasteiger partial charge in [0.25, 0.3) is 0 Å². The molecule has 0 aliphatic carbocycles. The highest BCUT2D eigenvalue weighted by Gasteiger charge is 2.36. The zero-order valence-corrected chi connectivity index (χ0v) is 18.3. The van der Waals surface area contributed by atoms with Gasteiger partial charge in [-0.3, -0.25) is 4.79 Å². The molecule has 1 aromatic heterocycles. The van der Waals surface area contributed by atoms with Gasteiger partial charge in [-0.25, -0.2) is 9.78 Å². The minimum absolute atomic E-state index is 0. The van der Waals surface area contributed by atoms with Gasteiger partial charge in [0.2, 0.25) is 5.91 Å². The fourth-order valence-electron chi connectivity index (χ4n) is 3.69. The molecule has 0 unspecified atom stereocenters. The lowest BCUT2D eigenvalue weighted by atomic mass is 10.0. The van der Waals surface area contributed by atoms with Gasteiger partial charge >= 0.3 is 5.97 Å². The lowest BCUT2D eigenvalue weighted by Gasteiger charge is -2.33. The fraction of sp³-hybridized carbons (Fsp3) is 0.227. The van der Waals surface area contributed by atoms with Gasteiger partial charge in [0, 0.05) is 24.3 Å². The maximum absolute atomic E-state index is 12.9. The van der Waals surface area contributed by atoms with Crippen LogP contribution in [0.1, 0.15) is 22.5 Å². The number of imidazole rings is 1. The molecule has 4 rings (SSSR count). The lowest BCUT2D eigenvalue weighted by molar-refractivity contribution is -0.151. The quantitative estimate of drug-likeness (QED) is 0.567. The van der Waals surface area contributed by atoms with Gasteiger partial charge in [-0.1, -0.05) is 42.5 Å². The number of rotatable bonds is 5. The van der Waals surface area contributed by atoms with Gasteiger partial charge in [0.05, 0.1) is 25.0 Å². The predicted molar refractivity (Wildman–Crippen MR) is 123 cm³/mol. The van der Waals surface area contributed by atoms with E-state index < -0.39 is 12.0 Å². The average molecular weight is 463 g/mol. The molecule has 3 N–H and O–H groups in total. The number of nitrogens with two attached hydrogens (primary N) is 1. The molecule has 7 nitrogen and oxygen atoms in total. The van der Waals surface area contributed by atoms with Gasteiger partial charge < -0.3 is 20.3 Å². The Morgan fingerprint density at radius 2 is 1.71 bits per heavy atom. The van der Waals surface area contributed by atoms with Crippen molar-refractivity contribution in [3.05, 3.63) is 83.4 Å². The third-order valence-corrected chi connectivity index (χ3v) is 5.25. The number of carboxylic acid groups (broad SMARTS) is 1. The maximum atomic E-state index is 12.9. The van der Waals surface area contributed by atoms with Crippen LogP contribution in [-0.2, 0) is 35.5 Å². The number of anilines is 1. The number of aliphatic carboxylic acids is 1. The van der Waals surface area contributed by atoms with Crippen LogP contribution in [-0.4, -0.2) is 37.5 Å². The number of nitrogen functional groups attached to an aromatic ring is 1. The van der Waals surface area contributed by atoms with Crippen molar-refractivity contribution in [3.63, 3.8) is 0 Å². The molecule has 3 aromatic rings. The molecule has 2 aromatic carbocycles. The molecular formula is C22H24Cl2N4O3. The zero-order valence-electron chi connectivity index (χ0n) is 16.7. The Morgan fingerprint density at radius 1 is 1.03 bits per heavy atom. The first-order valence-corrected chi connectivity index (χ1v) is 9.45. The minimum atomic E-state index is -1.01. The Hall–Kier alpha value is -3.03. The zero-order chi connectivity index (χ0) is 20.4. The van der Waals surface area contributed by atoms with E-state index in [-0.39, 0.29) is 50.1 Å². The third-order valence-electron chi connectivity index (χ3n) is 5.25. The van der Waals surface area contributed by atoms with Crippen LogP contribution in [0.25, 0.3) is 0 Å². The van der Waals surface area contributed by atoms with Crippen molar-refractivity contribution in [2.24, 2.45) is 0 Å². The summed E-state index contributed by atoms with van der Waals surface area (Å²) in [5, 5.41) is 9.76. The van der Waals surface area contributed by atoms with Gasteiger partial charge in [-0.05, 0) is 23.3 Å². The lowest BCUT2D eigenvalue weighted by Crippen LogP contribution is -2.49. The van der Waals surface area contributed by atoms with Crippen molar-refractivity contribution >= 4 is 42.4 Å². The second-order valence-corrected chi connectivity index (χ2v) is 7.25. The van der Waals surface area contributed by atoms with Crippen molar-refractivity contribution in [2.75, 3.05) is 5.73 Å². The normalized spacial score (nSPS) is 14.7. The number of hydrogen-bond acceptors (Lipinski definition) is 4. The van der Waals surface area contributed by atoms with E-state index in [4.69, 9.17) is 5.73 Å². The van der Waals surface area contributed by atoms with Crippen LogP contribution >= 0.6 is 24.8 Å². The predicted octanol–water partition coefficient (Wildman–Crippen LogP) is 2.94. The number of amides is 1. The molecule has 31 heavy (non-hydrogen) atoms. The van der Waals surface area contributed by atoms with Crippen LogP contribution < -0.4 is 5.73 Å². The smallest absolute Gasteiger partial charge is 0.326 e. The van der Waals surface area contributed by atoms with Crippen molar-refractivity contribution in [3.8, 4) is 0 Å². The molecule has 0 radical (unpaired) electrons. The SMILES string of the molecule is Cl.Cl.Nc1ccc(CC(=O)N2Cc3ncn(Cc4ccccc4)c3C[C@H]2C(=O)O)cc1. The highest BCUT2D eigenvalue weighted by atomic mass is 35.5. The molecule has 0 fully saturated rings. The molecule has 0 saturated carbocycles. The molecular weight excluding hydrogens is 439 g/mol. The number of carbonyl (C=O) groups is 2. The van der Waals surface area contributed by atoms with Crippen LogP contribution in [0.15, 0.2) is 60.9 Å². The second kappa shape index (κ2) is 10.3. The summed E-state index contributed by atoms with van der Waals surface area (Å²) in [5.74, 6) is -1.24. The molecule has 1 amide bonds. The number of nitrogens with zero attached hydrogens (tertiary/aromatic N) is 3. The molecule has 164 valence electrons. The van der Waals surface area contributed by atoms with Gasteiger partial charge in [0.15, 0.2) is 0 Å². The standard InChI is InChI=1S/C22H22N4O3.2ClH/c23-17-8-6-15(7-9-17)10-21(27)26-13-18-19(11-20(26)22(28)29)25(14-24-18)12-16-4-2-1-3-5-16;;/h1-9,14,20H,10-13,23H2,(H,28,29);2*1H/t20-;;/m0../s1. The largest absolute Gasteiger partial charge is 0.480 e. The molecule has 1 atom stereocenters. The van der Waals surface area contributed by atoms with Gasteiger partial charge in [0.1, 0.15) is 6.04 Å². The topological polar surface area (TPSA) is 101 Å². The first-order valence-electron chi connectivity index (χ1n) is 9.45. The number of aromatic nitrogens is 2. The van der Waals surface area contributed by atoms with Gasteiger partial charge in [-0.15, -0.1) is 24.8 Å². The summed E-state index contributed by atoms with van der Waals surface area (Å²) in [5.41, 5.74) is 9.85. The Bertz CT molecular complexity index is 1040. The minimum Gasteiger partial charge on any atom is -0.480 e. The Balaban J connectivity index is 0.00000171. The van der Waals surface area contributed by atoms with Crippen molar-refractivity contribution in [1.29, 1.82) is 0 Å². The van der Waals surface area contributed by atoms with E-state index in [1.807, 2.05) is 34.9 Å². The van der Waals surface area contributed by atoms with E-state index in [1.165, 1.54) is 4.90 Å². The summed E-state index contributed by atoms with van der Waals surface area (Å²) in [4.78, 5) is 30.7. The second-order valence-electron chi connectivity index (χ2n) is 7.25. The molecule has 0 spiro atoms. The van der Waals surface area contributed by atoms with E-state index in [1.54, 1.807) is 30.6 Å². The summed E-state index contributed by atoms with van der Waals surface area (Å²) >= 11 is 0. The van der Waals surface area contributed by atoms with Crippen molar-refractivity contribution in [1.82, 2.24) is 14.5 Å². The number of benzene rings is 2. The van der Waals surface area contributed by atoms with E-state index in [9.17, 15) is 14.7 Å². The molecule has 0 bridgehead atoms. The average Bonchev–Trinajstić information content (AvgIpc) is 3.11. The first kappa shape index (κ1) is 24.2. The summed E-state index contributed by atoms with van der Waals surface area (Å²) in [6.07, 6.45) is 2.10. The number of hydrogen-bond donors (Lipinski definition) is 2. The number of halogens is 2. The number of carboxylic acids is 1. The van der Waals surface area contributed by atoms with Crippen molar-refractivity contribution < 1.29 is 14.7 Å². The summed E-state index contributed by atoms with van der Waals surface area (Å²) < 4.78 is 1.97. The van der Waals surface area contributed by atoms with Crippen LogP contribution in [0.3, 0.4) is 0 Å². The van der Waals surface area contributed by atoms with E-state index in [0.717, 1.165) is 22.5 Å². The van der Waals surface area contributed by atoms with Crippen LogP contribution in [0.4, 0.5) is 5.69 Å². The number of fused-ring (bicyclic) bond motifs is 1. The Kier molecular flexibility index (Phi) is 8.08. The summed E-state index contributed by atoms with van der Waals surface area (Å²) in [6, 6.07) is 16.1. The number of carbonyl (C=O) groups excluding carboxylic acids is 1. The van der Waals surface area contributed by atoms with Crippen molar-refractivity contribution in [2.45, 2.75) is 32.0 Å². The Labute approximate surface area is 192 Å². The van der Waals surface area contributed by atoms with E-state index >= 15 is 0 Å². The molecule has 9 heteroatoms. The Morgan fingerprint density at radius 3 is 2.35 bits per heavy atom. The van der Waals surface area contributed by atoms with E-state index in [0.29, 0.717) is 12.2 Å². The monoisotopic (exact) mass is 462 g/mol. The maximum Gasteiger partial charge on any atom is 0.326 e. The van der Waals surface area contributed by atoms with Crippen LogP contribution in [0.5, 0.6) is 0 Å². The molecule has 0 saturated heterocycles. The van der Waals surface area contributed by atoms with Gasteiger partial charge in [-0.2, -0.15) is 0 Å². The summed E-state index contributed by atoms with van der Waals surface area (Å²) in [6.45, 7) is 0.816. The van der Waals surface area contributed by atoms with Crippen LogP contribution in [0, 0.1) is 0 Å². The fourth-order valence-corrected chi connectivity index (χ4v) is 3.69. The third kappa shape index (κ3) is 5.37. The van der Waals surface area contributed by atoms with E-state index in [2.05, 4.69) is 4.98 Å². The molecule has 2 heterocycles. The highest BCUT2D eigenvalue weighted by molar-refractivity contribution is 5.86. The summed E-state index contributed by atoms with van der Waals surface area (Å²) in [7, 11) is 0. The molecule has 1 aliphatic rings.